The van der Waals surface area contributed by atoms with Gasteiger partial charge in [0.2, 0.25) is 0 Å². The van der Waals surface area contributed by atoms with Crippen LogP contribution in [0, 0.1) is 12.7 Å². The second kappa shape index (κ2) is 8.09. The summed E-state index contributed by atoms with van der Waals surface area (Å²) in [6.07, 6.45) is 9.10. The van der Waals surface area contributed by atoms with E-state index in [0.717, 1.165) is 30.6 Å². The van der Waals surface area contributed by atoms with Crippen molar-refractivity contribution in [1.82, 2.24) is 24.5 Å². The molecule has 176 valence electrons. The van der Waals surface area contributed by atoms with Crippen LogP contribution in [0.25, 0.3) is 16.6 Å². The highest BCUT2D eigenvalue weighted by Gasteiger charge is 2.30. The third kappa shape index (κ3) is 3.79. The second-order valence-electron chi connectivity index (χ2n) is 9.40. The number of hydrogen-bond donors (Lipinski definition) is 2. The summed E-state index contributed by atoms with van der Waals surface area (Å²) in [5.41, 5.74) is 3.56. The van der Waals surface area contributed by atoms with Crippen LogP contribution in [0.15, 0.2) is 36.8 Å². The normalized spacial score (nSPS) is 18.3. The minimum Gasteiger partial charge on any atom is -0.369 e. The van der Waals surface area contributed by atoms with E-state index >= 15 is 0 Å². The summed E-state index contributed by atoms with van der Waals surface area (Å²) in [5, 5.41) is 12.2. The molecule has 1 saturated heterocycles. The van der Waals surface area contributed by atoms with E-state index in [4.69, 9.17) is 5.10 Å². The van der Waals surface area contributed by atoms with Crippen LogP contribution in [0.1, 0.15) is 42.2 Å². The first-order chi connectivity index (χ1) is 16.5. The second-order valence-corrected chi connectivity index (χ2v) is 9.40. The highest BCUT2D eigenvalue weighted by Crippen LogP contribution is 2.32. The summed E-state index contributed by atoms with van der Waals surface area (Å²) in [6, 6.07) is 6.34. The molecule has 0 radical (unpaired) electrons. The molecule has 1 saturated carbocycles. The maximum Gasteiger partial charge on any atom is 0.257 e. The number of nitrogens with one attached hydrogen (secondary N) is 2. The molecule has 1 aromatic carbocycles. The lowest BCUT2D eigenvalue weighted by Crippen LogP contribution is -2.34. The van der Waals surface area contributed by atoms with Gasteiger partial charge in [-0.1, -0.05) is 0 Å². The largest absolute Gasteiger partial charge is 0.369 e. The summed E-state index contributed by atoms with van der Waals surface area (Å²) in [6.45, 7) is 6.48. The molecule has 3 aromatic heterocycles. The monoisotopic (exact) mass is 461 g/mol. The zero-order chi connectivity index (χ0) is 23.4. The molecule has 1 aliphatic heterocycles. The summed E-state index contributed by atoms with van der Waals surface area (Å²) < 4.78 is 17.9. The molecule has 34 heavy (non-hydrogen) atoms. The highest BCUT2D eigenvalue weighted by atomic mass is 19.1. The Bertz CT molecular complexity index is 1400. The summed E-state index contributed by atoms with van der Waals surface area (Å²) >= 11 is 0. The molecular weight excluding hydrogens is 433 g/mol. The van der Waals surface area contributed by atoms with Crippen molar-refractivity contribution in [3.05, 3.63) is 53.9 Å². The number of carbonyl (C=O) groups excluding carboxylic acids is 1. The molecule has 0 bridgehead atoms. The highest BCUT2D eigenvalue weighted by molar-refractivity contribution is 6.13. The van der Waals surface area contributed by atoms with Gasteiger partial charge in [0.15, 0.2) is 11.5 Å². The van der Waals surface area contributed by atoms with Crippen LogP contribution in [-0.2, 0) is 6.54 Å². The first-order valence-electron chi connectivity index (χ1n) is 12.0. The third-order valence-electron chi connectivity index (χ3n) is 6.73. The Kier molecular flexibility index (Phi) is 5.02. The minimum absolute atomic E-state index is 0.240. The predicted molar refractivity (Wildman–Crippen MR) is 130 cm³/mol. The molecule has 4 heterocycles. The molecule has 0 unspecified atom stereocenters. The topological polar surface area (TPSA) is 79.5 Å². The fourth-order valence-electron chi connectivity index (χ4n) is 4.90. The Morgan fingerprint density at radius 2 is 2.03 bits per heavy atom. The predicted octanol–water partition coefficient (Wildman–Crippen LogP) is 3.73. The molecule has 1 amide bonds. The molecule has 6 rings (SSSR count). The third-order valence-corrected chi connectivity index (χ3v) is 6.73. The molecule has 4 aromatic rings. The number of amides is 1. The Morgan fingerprint density at radius 3 is 2.82 bits per heavy atom. The van der Waals surface area contributed by atoms with Gasteiger partial charge in [0, 0.05) is 67.4 Å². The van der Waals surface area contributed by atoms with E-state index in [2.05, 4.69) is 20.5 Å². The number of carbonyl (C=O) groups is 1. The quantitative estimate of drug-likeness (QED) is 0.457. The molecule has 1 atom stereocenters. The van der Waals surface area contributed by atoms with E-state index in [1.165, 1.54) is 18.9 Å². The van der Waals surface area contributed by atoms with Crippen molar-refractivity contribution in [3.8, 4) is 0 Å². The average Bonchev–Trinajstić information content (AvgIpc) is 3.18. The molecule has 2 aliphatic rings. The molecule has 9 heteroatoms. The minimum atomic E-state index is -0.481. The molecule has 1 aliphatic carbocycles. The summed E-state index contributed by atoms with van der Waals surface area (Å²) in [4.78, 5) is 19.8. The number of aryl methyl sites for hydroxylation is 2. The van der Waals surface area contributed by atoms with Gasteiger partial charge < -0.3 is 19.9 Å². The van der Waals surface area contributed by atoms with Crippen LogP contribution in [-0.4, -0.2) is 50.2 Å². The van der Waals surface area contributed by atoms with E-state index in [1.807, 2.05) is 29.9 Å². The fourth-order valence-corrected chi connectivity index (χ4v) is 4.90. The first kappa shape index (κ1) is 21.1. The van der Waals surface area contributed by atoms with Crippen LogP contribution in [0.2, 0.25) is 0 Å². The summed E-state index contributed by atoms with van der Waals surface area (Å²) in [7, 11) is 0. The molecule has 2 N–H and O–H groups in total. The van der Waals surface area contributed by atoms with Gasteiger partial charge in [-0.2, -0.15) is 5.10 Å². The number of pyridine rings is 1. The first-order valence-corrected chi connectivity index (χ1v) is 12.0. The number of aromatic nitrogens is 4. The number of halogens is 1. The number of fused-ring (bicyclic) bond motifs is 2. The zero-order valence-electron chi connectivity index (χ0n) is 19.4. The maximum absolute atomic E-state index is 14.5. The van der Waals surface area contributed by atoms with Crippen molar-refractivity contribution in [3.63, 3.8) is 0 Å². The van der Waals surface area contributed by atoms with Gasteiger partial charge in [-0.05, 0) is 45.2 Å². The van der Waals surface area contributed by atoms with Crippen LogP contribution in [0.3, 0.4) is 0 Å². The van der Waals surface area contributed by atoms with Crippen molar-refractivity contribution in [2.45, 2.75) is 51.7 Å². The van der Waals surface area contributed by atoms with Crippen LogP contribution < -0.4 is 15.5 Å². The van der Waals surface area contributed by atoms with Gasteiger partial charge in [-0.25, -0.2) is 9.37 Å². The van der Waals surface area contributed by atoms with E-state index in [-0.39, 0.29) is 11.6 Å². The van der Waals surface area contributed by atoms with Gasteiger partial charge in [0.1, 0.15) is 5.52 Å². The van der Waals surface area contributed by atoms with Crippen molar-refractivity contribution in [2.24, 2.45) is 0 Å². The molecular formula is C25H28FN7O. The van der Waals surface area contributed by atoms with Crippen molar-refractivity contribution in [2.75, 3.05) is 23.3 Å². The Morgan fingerprint density at radius 1 is 1.18 bits per heavy atom. The number of rotatable bonds is 6. The molecule has 8 nitrogen and oxygen atoms in total. The van der Waals surface area contributed by atoms with E-state index in [1.54, 1.807) is 23.7 Å². The number of nitrogens with zero attached hydrogens (tertiary/aromatic N) is 5. The summed E-state index contributed by atoms with van der Waals surface area (Å²) in [5.74, 6) is -0.798. The SMILES string of the molecule is CCn1cc2c(N3CC[C@H](NC4CC4)C3)ccc(C(=O)Nc3cc(F)c4nc(C)cn4c3)c2n1. The molecule has 0 spiro atoms. The van der Waals surface area contributed by atoms with Gasteiger partial charge in [-0.3, -0.25) is 9.48 Å². The van der Waals surface area contributed by atoms with E-state index < -0.39 is 5.82 Å². The van der Waals surface area contributed by atoms with Crippen molar-refractivity contribution >= 4 is 33.8 Å². The number of anilines is 2. The van der Waals surface area contributed by atoms with Crippen molar-refractivity contribution in [1.29, 1.82) is 0 Å². The number of hydrogen-bond acceptors (Lipinski definition) is 5. The van der Waals surface area contributed by atoms with Gasteiger partial charge in [-0.15, -0.1) is 0 Å². The fraction of sp³-hybridized carbons (Fsp3) is 0.400. The Hall–Kier alpha value is -3.46. The maximum atomic E-state index is 14.5. The smallest absolute Gasteiger partial charge is 0.257 e. The van der Waals surface area contributed by atoms with E-state index in [0.29, 0.717) is 41.1 Å². The van der Waals surface area contributed by atoms with Crippen LogP contribution >= 0.6 is 0 Å². The average molecular weight is 462 g/mol. The number of benzene rings is 1. The van der Waals surface area contributed by atoms with Gasteiger partial charge >= 0.3 is 0 Å². The Labute approximate surface area is 196 Å². The van der Waals surface area contributed by atoms with E-state index in [9.17, 15) is 9.18 Å². The Balaban J connectivity index is 1.31. The molecule has 2 fully saturated rings. The van der Waals surface area contributed by atoms with Gasteiger partial charge in [0.05, 0.1) is 16.9 Å². The lowest BCUT2D eigenvalue weighted by molar-refractivity contribution is 0.102. The lowest BCUT2D eigenvalue weighted by atomic mass is 10.1. The standard InChI is InChI=1S/C25H28FN7O/c1-3-33-14-20-22(31-9-8-17(12-31)28-16-4-5-16)7-6-19(23(20)30-33)25(34)29-18-10-21(26)24-27-15(2)11-32(24)13-18/h6-7,10-11,13-14,16-17,28H,3-5,8-9,12H2,1-2H3,(H,29,34)/t17-/m0/s1. The lowest BCUT2D eigenvalue weighted by Gasteiger charge is -2.20. The van der Waals surface area contributed by atoms with Crippen molar-refractivity contribution < 1.29 is 9.18 Å². The van der Waals surface area contributed by atoms with Crippen LogP contribution in [0.4, 0.5) is 15.8 Å². The number of imidazole rings is 1. The van der Waals surface area contributed by atoms with Gasteiger partial charge in [0.25, 0.3) is 5.91 Å². The zero-order valence-corrected chi connectivity index (χ0v) is 19.4. The van der Waals surface area contributed by atoms with Crippen LogP contribution in [0.5, 0.6) is 0 Å².